The van der Waals surface area contributed by atoms with Crippen molar-refractivity contribution in [1.82, 2.24) is 15.3 Å². The number of fused-ring (bicyclic) bond motifs is 1. The van der Waals surface area contributed by atoms with Crippen LogP contribution in [-0.4, -0.2) is 35.1 Å². The third-order valence-electron chi connectivity index (χ3n) is 3.65. The van der Waals surface area contributed by atoms with Gasteiger partial charge in [-0.3, -0.25) is 4.79 Å². The summed E-state index contributed by atoms with van der Waals surface area (Å²) >= 11 is 1.67. The van der Waals surface area contributed by atoms with Crippen LogP contribution in [0, 0.1) is 0 Å². The first-order chi connectivity index (χ1) is 12.1. The van der Waals surface area contributed by atoms with E-state index in [0.29, 0.717) is 12.8 Å². The van der Waals surface area contributed by atoms with Crippen molar-refractivity contribution in [3.63, 3.8) is 0 Å². The highest BCUT2D eigenvalue weighted by atomic mass is 32.1. The predicted molar refractivity (Wildman–Crippen MR) is 96.3 cm³/mol. The molecule has 0 aliphatic rings. The van der Waals surface area contributed by atoms with Gasteiger partial charge in [-0.15, -0.1) is 11.3 Å². The Balaban J connectivity index is 1.54. The molecule has 3 rings (SSSR count). The number of hydrogen-bond acceptors (Lipinski definition) is 5. The van der Waals surface area contributed by atoms with Gasteiger partial charge in [-0.2, -0.15) is 0 Å². The van der Waals surface area contributed by atoms with Crippen LogP contribution in [0.5, 0.6) is 0 Å². The number of carbonyl (C=O) groups is 2. The van der Waals surface area contributed by atoms with E-state index >= 15 is 0 Å². The predicted octanol–water partition coefficient (Wildman–Crippen LogP) is 2.44. The number of H-pyrrole nitrogens is 1. The number of aromatic nitrogens is 2. The lowest BCUT2D eigenvalue weighted by molar-refractivity contribution is -0.121. The summed E-state index contributed by atoms with van der Waals surface area (Å²) < 4.78 is 4.55. The minimum Gasteiger partial charge on any atom is -0.448 e. The third kappa shape index (κ3) is 4.36. The van der Waals surface area contributed by atoms with Gasteiger partial charge >= 0.3 is 6.09 Å². The van der Waals surface area contributed by atoms with Crippen molar-refractivity contribution in [1.29, 1.82) is 0 Å². The number of nitrogens with zero attached hydrogens (tertiary/aromatic N) is 1. The molecule has 0 saturated heterocycles. The lowest BCUT2D eigenvalue weighted by Crippen LogP contribution is -2.29. The van der Waals surface area contributed by atoms with Gasteiger partial charge < -0.3 is 20.8 Å². The number of amides is 2. The molecule has 0 bridgehead atoms. The average Bonchev–Trinajstić information content (AvgIpc) is 3.23. The van der Waals surface area contributed by atoms with Gasteiger partial charge in [0.25, 0.3) is 0 Å². The number of pyridine rings is 1. The molecule has 3 aromatic heterocycles. The number of ether oxygens (including phenoxy) is 1. The number of rotatable bonds is 7. The minimum atomic E-state index is -0.840. The largest absolute Gasteiger partial charge is 0.448 e. The van der Waals surface area contributed by atoms with Crippen molar-refractivity contribution in [2.45, 2.75) is 12.8 Å². The van der Waals surface area contributed by atoms with Crippen molar-refractivity contribution < 1.29 is 14.3 Å². The average molecular weight is 358 g/mol. The Labute approximate surface area is 148 Å². The number of aryl methyl sites for hydroxylation is 1. The lowest BCUT2D eigenvalue weighted by atomic mass is 10.2. The zero-order chi connectivity index (χ0) is 17.6. The van der Waals surface area contributed by atoms with Gasteiger partial charge in [0, 0.05) is 39.5 Å². The summed E-state index contributed by atoms with van der Waals surface area (Å²) in [5.41, 5.74) is 6.83. The summed E-state index contributed by atoms with van der Waals surface area (Å²) in [4.78, 5) is 31.9. The summed E-state index contributed by atoms with van der Waals surface area (Å²) in [6.07, 6.45) is 3.92. The van der Waals surface area contributed by atoms with Crippen LogP contribution in [0.3, 0.4) is 0 Å². The number of hydrogen-bond donors (Lipinski definition) is 3. The molecule has 25 heavy (non-hydrogen) atoms. The van der Waals surface area contributed by atoms with Crippen molar-refractivity contribution in [2.75, 3.05) is 13.2 Å². The minimum absolute atomic E-state index is 0.0822. The summed E-state index contributed by atoms with van der Waals surface area (Å²) in [7, 11) is 0. The molecule has 130 valence electrons. The van der Waals surface area contributed by atoms with Gasteiger partial charge in [-0.25, -0.2) is 9.78 Å². The maximum atomic E-state index is 11.8. The van der Waals surface area contributed by atoms with Crippen LogP contribution < -0.4 is 11.1 Å². The zero-order valence-electron chi connectivity index (χ0n) is 13.5. The van der Waals surface area contributed by atoms with E-state index in [1.165, 1.54) is 0 Å². The molecule has 8 heteroatoms. The SMILES string of the molecule is NC(=O)OCCNC(=O)CCc1ccc(-c2c[nH]c3ncccc23)s1. The topological polar surface area (TPSA) is 110 Å². The van der Waals surface area contributed by atoms with Gasteiger partial charge in [0.1, 0.15) is 12.3 Å². The molecule has 0 spiro atoms. The van der Waals surface area contributed by atoms with E-state index in [1.807, 2.05) is 24.4 Å². The van der Waals surface area contributed by atoms with Crippen molar-refractivity contribution >= 4 is 34.4 Å². The van der Waals surface area contributed by atoms with Crippen LogP contribution in [0.2, 0.25) is 0 Å². The first kappa shape index (κ1) is 17.0. The van der Waals surface area contributed by atoms with Crippen LogP contribution in [-0.2, 0) is 16.0 Å². The molecule has 4 N–H and O–H groups in total. The first-order valence-corrected chi connectivity index (χ1v) is 8.65. The van der Waals surface area contributed by atoms with Gasteiger partial charge in [0.2, 0.25) is 5.91 Å². The number of nitrogens with one attached hydrogen (secondary N) is 2. The molecular formula is C17H18N4O3S. The fraction of sp³-hybridized carbons (Fsp3) is 0.235. The Morgan fingerprint density at radius 2 is 2.20 bits per heavy atom. The molecule has 0 atom stereocenters. The number of nitrogens with two attached hydrogens (primary N) is 1. The monoisotopic (exact) mass is 358 g/mol. The number of thiophene rings is 1. The first-order valence-electron chi connectivity index (χ1n) is 7.83. The maximum Gasteiger partial charge on any atom is 0.404 e. The Kier molecular flexibility index (Phi) is 5.30. The molecule has 3 aromatic rings. The lowest BCUT2D eigenvalue weighted by Gasteiger charge is -2.04. The molecule has 0 saturated carbocycles. The van der Waals surface area contributed by atoms with Crippen LogP contribution in [0.4, 0.5) is 4.79 Å². The van der Waals surface area contributed by atoms with E-state index in [0.717, 1.165) is 26.4 Å². The highest BCUT2D eigenvalue weighted by molar-refractivity contribution is 7.15. The summed E-state index contributed by atoms with van der Waals surface area (Å²) in [5.74, 6) is -0.0840. The molecule has 7 nitrogen and oxygen atoms in total. The summed E-state index contributed by atoms with van der Waals surface area (Å²) in [6, 6.07) is 8.06. The van der Waals surface area contributed by atoms with Gasteiger partial charge in [-0.1, -0.05) is 0 Å². The normalized spacial score (nSPS) is 10.7. The van der Waals surface area contributed by atoms with Crippen LogP contribution in [0.25, 0.3) is 21.5 Å². The number of aromatic amines is 1. The quantitative estimate of drug-likeness (QED) is 0.563. The molecule has 0 aliphatic heterocycles. The Bertz CT molecular complexity index is 887. The highest BCUT2D eigenvalue weighted by Gasteiger charge is 2.10. The molecular weight excluding hydrogens is 340 g/mol. The second-order valence-electron chi connectivity index (χ2n) is 5.39. The van der Waals surface area contributed by atoms with E-state index in [4.69, 9.17) is 5.73 Å². The fourth-order valence-corrected chi connectivity index (χ4v) is 3.52. The molecule has 0 unspecified atom stereocenters. The molecule has 3 heterocycles. The molecule has 0 aromatic carbocycles. The Morgan fingerprint density at radius 3 is 3.04 bits per heavy atom. The molecule has 0 aliphatic carbocycles. The van der Waals surface area contributed by atoms with Crippen LogP contribution >= 0.6 is 11.3 Å². The zero-order valence-corrected chi connectivity index (χ0v) is 14.3. The Hall–Kier alpha value is -2.87. The van der Waals surface area contributed by atoms with E-state index < -0.39 is 6.09 Å². The van der Waals surface area contributed by atoms with Crippen molar-refractivity contribution in [3.8, 4) is 10.4 Å². The molecule has 0 fully saturated rings. The standard InChI is InChI=1S/C17H18N4O3S/c18-17(23)24-9-8-19-15(22)6-4-11-3-5-14(25-11)13-10-21-16-12(13)2-1-7-20-16/h1-3,5,7,10H,4,6,8-9H2,(H2,18,23)(H,19,22)(H,20,21). The number of carbonyl (C=O) groups excluding carboxylic acids is 2. The van der Waals surface area contributed by atoms with Gasteiger partial charge in [0.05, 0.1) is 6.54 Å². The van der Waals surface area contributed by atoms with E-state index in [1.54, 1.807) is 17.5 Å². The van der Waals surface area contributed by atoms with Crippen molar-refractivity contribution in [2.24, 2.45) is 5.73 Å². The second-order valence-corrected chi connectivity index (χ2v) is 6.55. The van der Waals surface area contributed by atoms with Gasteiger partial charge in [-0.05, 0) is 30.7 Å². The fourth-order valence-electron chi connectivity index (χ4n) is 2.48. The second kappa shape index (κ2) is 7.80. The Morgan fingerprint density at radius 1 is 1.32 bits per heavy atom. The van der Waals surface area contributed by atoms with Gasteiger partial charge in [0.15, 0.2) is 0 Å². The highest BCUT2D eigenvalue weighted by Crippen LogP contribution is 2.33. The van der Waals surface area contributed by atoms with E-state index in [9.17, 15) is 9.59 Å². The van der Waals surface area contributed by atoms with E-state index in [2.05, 4.69) is 26.1 Å². The van der Waals surface area contributed by atoms with Crippen LogP contribution in [0.15, 0.2) is 36.7 Å². The van der Waals surface area contributed by atoms with E-state index in [-0.39, 0.29) is 19.1 Å². The molecule has 0 radical (unpaired) electrons. The molecule has 2 amide bonds. The smallest absolute Gasteiger partial charge is 0.404 e. The summed E-state index contributed by atoms with van der Waals surface area (Å²) in [6.45, 7) is 0.346. The number of primary amides is 1. The maximum absolute atomic E-state index is 11.8. The van der Waals surface area contributed by atoms with Crippen LogP contribution in [0.1, 0.15) is 11.3 Å². The third-order valence-corrected chi connectivity index (χ3v) is 4.82. The summed E-state index contributed by atoms with van der Waals surface area (Å²) in [5, 5.41) is 3.77. The van der Waals surface area contributed by atoms with Crippen molar-refractivity contribution in [3.05, 3.63) is 41.5 Å².